The molecule has 0 aromatic heterocycles. The maximum absolute atomic E-state index is 12.1. The van der Waals surface area contributed by atoms with Crippen molar-refractivity contribution in [3.63, 3.8) is 0 Å². The standard InChI is InChI=1S/C18H20ClNO2S/c1-13-10-16(17(22-2)11-15(13)19)20-18(21)8-9-23-12-14-6-4-3-5-7-14/h3-7,10-11H,8-9,12H2,1-2H3,(H,20,21). The van der Waals surface area contributed by atoms with Crippen LogP contribution in [0.5, 0.6) is 5.75 Å². The van der Waals surface area contributed by atoms with Gasteiger partial charge in [0, 0.05) is 29.0 Å². The number of anilines is 1. The van der Waals surface area contributed by atoms with E-state index in [-0.39, 0.29) is 5.91 Å². The van der Waals surface area contributed by atoms with Crippen molar-refractivity contribution in [3.05, 3.63) is 58.6 Å². The van der Waals surface area contributed by atoms with E-state index in [9.17, 15) is 4.79 Å². The van der Waals surface area contributed by atoms with E-state index in [1.54, 1.807) is 24.9 Å². The Morgan fingerprint density at radius 1 is 1.26 bits per heavy atom. The number of ether oxygens (including phenoxy) is 1. The zero-order chi connectivity index (χ0) is 16.7. The third kappa shape index (κ3) is 5.48. The second kappa shape index (κ2) is 8.85. The smallest absolute Gasteiger partial charge is 0.225 e. The monoisotopic (exact) mass is 349 g/mol. The summed E-state index contributed by atoms with van der Waals surface area (Å²) in [4.78, 5) is 12.1. The van der Waals surface area contributed by atoms with E-state index in [1.807, 2.05) is 31.2 Å². The Hall–Kier alpha value is -1.65. The number of rotatable bonds is 7. The van der Waals surface area contributed by atoms with Gasteiger partial charge < -0.3 is 10.1 Å². The van der Waals surface area contributed by atoms with Crippen LogP contribution in [0, 0.1) is 6.92 Å². The van der Waals surface area contributed by atoms with Crippen LogP contribution in [0.1, 0.15) is 17.5 Å². The number of carbonyl (C=O) groups is 1. The molecule has 5 heteroatoms. The summed E-state index contributed by atoms with van der Waals surface area (Å²) < 4.78 is 5.26. The number of thioether (sulfide) groups is 1. The second-order valence-corrected chi connectivity index (χ2v) is 6.65. The van der Waals surface area contributed by atoms with Gasteiger partial charge in [-0.05, 0) is 24.1 Å². The van der Waals surface area contributed by atoms with Crippen molar-refractivity contribution in [1.29, 1.82) is 0 Å². The second-order valence-electron chi connectivity index (χ2n) is 5.14. The first kappa shape index (κ1) is 17.7. The van der Waals surface area contributed by atoms with Crippen molar-refractivity contribution >= 4 is 35.0 Å². The van der Waals surface area contributed by atoms with Gasteiger partial charge in [-0.25, -0.2) is 0 Å². The Kier molecular flexibility index (Phi) is 6.81. The van der Waals surface area contributed by atoms with E-state index in [0.29, 0.717) is 22.9 Å². The Labute approximate surface area is 146 Å². The van der Waals surface area contributed by atoms with E-state index in [1.165, 1.54) is 5.56 Å². The maximum atomic E-state index is 12.1. The summed E-state index contributed by atoms with van der Waals surface area (Å²) in [6.45, 7) is 1.90. The zero-order valence-electron chi connectivity index (χ0n) is 13.3. The lowest BCUT2D eigenvalue weighted by Crippen LogP contribution is -2.13. The third-order valence-electron chi connectivity index (χ3n) is 3.34. The minimum absolute atomic E-state index is 0.0226. The van der Waals surface area contributed by atoms with Crippen molar-refractivity contribution in [2.24, 2.45) is 0 Å². The fraction of sp³-hybridized carbons (Fsp3) is 0.278. The Bertz CT molecular complexity index is 662. The molecule has 0 aliphatic heterocycles. The van der Waals surface area contributed by atoms with Gasteiger partial charge in [0.2, 0.25) is 5.91 Å². The van der Waals surface area contributed by atoms with Gasteiger partial charge in [-0.1, -0.05) is 41.9 Å². The molecule has 0 aliphatic carbocycles. The fourth-order valence-electron chi connectivity index (χ4n) is 2.07. The molecule has 0 bridgehead atoms. The molecule has 0 fully saturated rings. The quantitative estimate of drug-likeness (QED) is 0.721. The van der Waals surface area contributed by atoms with Crippen molar-refractivity contribution in [2.75, 3.05) is 18.2 Å². The first-order chi connectivity index (χ1) is 11.1. The number of amides is 1. The van der Waals surface area contributed by atoms with E-state index < -0.39 is 0 Å². The van der Waals surface area contributed by atoms with Crippen LogP contribution < -0.4 is 10.1 Å². The Morgan fingerprint density at radius 3 is 2.70 bits per heavy atom. The molecule has 3 nitrogen and oxygen atoms in total. The summed E-state index contributed by atoms with van der Waals surface area (Å²) in [5, 5.41) is 3.52. The minimum Gasteiger partial charge on any atom is -0.495 e. The number of hydrogen-bond donors (Lipinski definition) is 1. The number of aryl methyl sites for hydroxylation is 1. The molecular weight excluding hydrogens is 330 g/mol. The fourth-order valence-corrected chi connectivity index (χ4v) is 3.13. The number of nitrogens with one attached hydrogen (secondary N) is 1. The average Bonchev–Trinajstić information content (AvgIpc) is 2.56. The van der Waals surface area contributed by atoms with Crippen LogP contribution >= 0.6 is 23.4 Å². The number of carbonyl (C=O) groups excluding carboxylic acids is 1. The van der Waals surface area contributed by atoms with Gasteiger partial charge in [0.1, 0.15) is 5.75 Å². The SMILES string of the molecule is COc1cc(Cl)c(C)cc1NC(=O)CCSCc1ccccc1. The lowest BCUT2D eigenvalue weighted by atomic mass is 10.2. The van der Waals surface area contributed by atoms with Gasteiger partial charge >= 0.3 is 0 Å². The van der Waals surface area contributed by atoms with Gasteiger partial charge in [0.25, 0.3) is 0 Å². The van der Waals surface area contributed by atoms with Gasteiger partial charge in [0.15, 0.2) is 0 Å². The summed E-state index contributed by atoms with van der Waals surface area (Å²) >= 11 is 7.81. The third-order valence-corrected chi connectivity index (χ3v) is 4.78. The zero-order valence-corrected chi connectivity index (χ0v) is 14.8. The molecule has 122 valence electrons. The molecule has 2 aromatic carbocycles. The number of methoxy groups -OCH3 is 1. The lowest BCUT2D eigenvalue weighted by molar-refractivity contribution is -0.115. The van der Waals surface area contributed by atoms with Crippen molar-refractivity contribution in [3.8, 4) is 5.75 Å². The molecule has 0 unspecified atom stereocenters. The van der Waals surface area contributed by atoms with Crippen LogP contribution in [0.15, 0.2) is 42.5 Å². The molecular formula is C18H20ClNO2S. The van der Waals surface area contributed by atoms with Crippen LogP contribution in [-0.4, -0.2) is 18.8 Å². The predicted molar refractivity (Wildman–Crippen MR) is 98.6 cm³/mol. The van der Waals surface area contributed by atoms with E-state index >= 15 is 0 Å². The molecule has 0 saturated heterocycles. The predicted octanol–water partition coefficient (Wildman–Crippen LogP) is 4.92. The van der Waals surface area contributed by atoms with Gasteiger partial charge in [-0.2, -0.15) is 11.8 Å². The van der Waals surface area contributed by atoms with Gasteiger partial charge in [-0.3, -0.25) is 4.79 Å². The van der Waals surface area contributed by atoms with Crippen LogP contribution in [0.25, 0.3) is 0 Å². The average molecular weight is 350 g/mol. The highest BCUT2D eigenvalue weighted by Gasteiger charge is 2.10. The highest BCUT2D eigenvalue weighted by Crippen LogP contribution is 2.31. The van der Waals surface area contributed by atoms with E-state index in [2.05, 4.69) is 17.4 Å². The van der Waals surface area contributed by atoms with Crippen molar-refractivity contribution in [2.45, 2.75) is 19.1 Å². The normalized spacial score (nSPS) is 10.4. The van der Waals surface area contributed by atoms with Crippen molar-refractivity contribution < 1.29 is 9.53 Å². The molecule has 1 N–H and O–H groups in total. The number of halogens is 1. The Balaban J connectivity index is 1.82. The van der Waals surface area contributed by atoms with Crippen LogP contribution in [-0.2, 0) is 10.5 Å². The lowest BCUT2D eigenvalue weighted by Gasteiger charge is -2.12. The van der Waals surface area contributed by atoms with Crippen molar-refractivity contribution in [1.82, 2.24) is 0 Å². The van der Waals surface area contributed by atoms with Gasteiger partial charge in [-0.15, -0.1) is 0 Å². The molecule has 0 heterocycles. The summed E-state index contributed by atoms with van der Waals surface area (Å²) in [6, 6.07) is 13.8. The summed E-state index contributed by atoms with van der Waals surface area (Å²) in [6.07, 6.45) is 0.461. The molecule has 0 aliphatic rings. The largest absolute Gasteiger partial charge is 0.495 e. The topological polar surface area (TPSA) is 38.3 Å². The molecule has 2 aromatic rings. The number of hydrogen-bond acceptors (Lipinski definition) is 3. The Morgan fingerprint density at radius 2 is 2.00 bits per heavy atom. The van der Waals surface area contributed by atoms with Crippen LogP contribution in [0.3, 0.4) is 0 Å². The molecule has 23 heavy (non-hydrogen) atoms. The van der Waals surface area contributed by atoms with Crippen LogP contribution in [0.4, 0.5) is 5.69 Å². The molecule has 1 amide bonds. The number of benzene rings is 2. The molecule has 2 rings (SSSR count). The molecule has 0 saturated carbocycles. The van der Waals surface area contributed by atoms with Gasteiger partial charge in [0.05, 0.1) is 12.8 Å². The highest BCUT2D eigenvalue weighted by atomic mass is 35.5. The van der Waals surface area contributed by atoms with E-state index in [0.717, 1.165) is 17.1 Å². The molecule has 0 atom stereocenters. The molecule has 0 spiro atoms. The van der Waals surface area contributed by atoms with E-state index in [4.69, 9.17) is 16.3 Å². The maximum Gasteiger partial charge on any atom is 0.225 e. The van der Waals surface area contributed by atoms with Crippen LogP contribution in [0.2, 0.25) is 5.02 Å². The minimum atomic E-state index is -0.0226. The first-order valence-corrected chi connectivity index (χ1v) is 8.89. The first-order valence-electron chi connectivity index (χ1n) is 7.36. The summed E-state index contributed by atoms with van der Waals surface area (Å²) in [7, 11) is 1.56. The summed E-state index contributed by atoms with van der Waals surface area (Å²) in [5.74, 6) is 2.24. The summed E-state index contributed by atoms with van der Waals surface area (Å²) in [5.41, 5.74) is 2.83. The molecule has 0 radical (unpaired) electrons. The highest BCUT2D eigenvalue weighted by molar-refractivity contribution is 7.98.